The van der Waals surface area contributed by atoms with Gasteiger partial charge in [0, 0.05) is 18.1 Å². The van der Waals surface area contributed by atoms with Crippen molar-refractivity contribution >= 4 is 68.8 Å². The number of Topliss-reactive ketones (excluding diaryl/α,β-unsaturated/α-hetero) is 1. The lowest BCUT2D eigenvalue weighted by molar-refractivity contribution is -0.122. The number of hydrogen-bond acceptors (Lipinski definition) is 6. The molecule has 0 bridgehead atoms. The molecule has 29 heavy (non-hydrogen) atoms. The van der Waals surface area contributed by atoms with E-state index in [9.17, 15) is 19.2 Å². The van der Waals surface area contributed by atoms with Crippen LogP contribution in [0.15, 0.2) is 53.4 Å². The summed E-state index contributed by atoms with van der Waals surface area (Å²) < 4.78 is 0.277. The van der Waals surface area contributed by atoms with Crippen LogP contribution in [0.25, 0.3) is 5.57 Å². The average molecular weight is 422 g/mol. The van der Waals surface area contributed by atoms with E-state index in [4.69, 9.17) is 12.2 Å². The number of imide groups is 1. The summed E-state index contributed by atoms with van der Waals surface area (Å²) in [7, 11) is 0. The number of nitrogens with zero attached hydrogens (tertiary/aromatic N) is 2. The minimum absolute atomic E-state index is 0.0819. The van der Waals surface area contributed by atoms with Crippen LogP contribution in [0, 0.1) is 0 Å². The molecule has 2 heterocycles. The SMILES string of the molecule is CC(=O)c1ccc(N2C(=O)C(=C3C(=O)N(C(C)=O)c4ccccc43)SC2=S)cc1. The summed E-state index contributed by atoms with van der Waals surface area (Å²) in [4.78, 5) is 52.3. The summed E-state index contributed by atoms with van der Waals surface area (Å²) in [6.07, 6.45) is 0. The molecule has 8 heteroatoms. The number of para-hydroxylation sites is 1. The molecule has 2 aliphatic heterocycles. The highest BCUT2D eigenvalue weighted by molar-refractivity contribution is 8.27. The smallest absolute Gasteiger partial charge is 0.271 e. The zero-order chi connectivity index (χ0) is 20.9. The van der Waals surface area contributed by atoms with Crippen molar-refractivity contribution in [3.05, 3.63) is 64.6 Å². The quantitative estimate of drug-likeness (QED) is 0.419. The largest absolute Gasteiger partial charge is 0.295 e. The molecule has 0 radical (unpaired) electrons. The Morgan fingerprint density at radius 1 is 0.931 bits per heavy atom. The van der Waals surface area contributed by atoms with Crippen LogP contribution in [-0.4, -0.2) is 27.8 Å². The molecule has 4 rings (SSSR count). The first-order chi connectivity index (χ1) is 13.8. The van der Waals surface area contributed by atoms with Gasteiger partial charge in [-0.1, -0.05) is 42.2 Å². The normalized spacial score (nSPS) is 18.5. The van der Waals surface area contributed by atoms with Crippen LogP contribution in [0.2, 0.25) is 0 Å². The molecule has 0 atom stereocenters. The first-order valence-electron chi connectivity index (χ1n) is 8.67. The molecule has 2 aromatic carbocycles. The minimum atomic E-state index is -0.536. The van der Waals surface area contributed by atoms with Gasteiger partial charge < -0.3 is 0 Å². The van der Waals surface area contributed by atoms with E-state index in [1.807, 2.05) is 0 Å². The fraction of sp³-hybridized carbons (Fsp3) is 0.0952. The summed E-state index contributed by atoms with van der Waals surface area (Å²) in [5.74, 6) is -1.47. The molecule has 144 valence electrons. The Labute approximate surface area is 176 Å². The van der Waals surface area contributed by atoms with E-state index < -0.39 is 17.7 Å². The lowest BCUT2D eigenvalue weighted by atomic mass is 10.1. The molecule has 1 fully saturated rings. The molecule has 0 unspecified atom stereocenters. The van der Waals surface area contributed by atoms with Gasteiger partial charge in [-0.2, -0.15) is 0 Å². The van der Waals surface area contributed by atoms with Gasteiger partial charge in [0.05, 0.1) is 21.9 Å². The molecule has 0 aliphatic carbocycles. The van der Waals surface area contributed by atoms with Gasteiger partial charge in [-0.3, -0.25) is 24.1 Å². The Bertz CT molecular complexity index is 1150. The molecule has 6 nitrogen and oxygen atoms in total. The van der Waals surface area contributed by atoms with Gasteiger partial charge in [0.25, 0.3) is 11.8 Å². The molecular formula is C21H14N2O4S2. The van der Waals surface area contributed by atoms with Crippen molar-refractivity contribution in [3.8, 4) is 0 Å². The third-order valence-corrected chi connectivity index (χ3v) is 6.05. The number of amides is 3. The zero-order valence-electron chi connectivity index (χ0n) is 15.5. The van der Waals surface area contributed by atoms with Crippen LogP contribution < -0.4 is 9.80 Å². The van der Waals surface area contributed by atoms with Gasteiger partial charge in [0.2, 0.25) is 5.91 Å². The minimum Gasteiger partial charge on any atom is -0.295 e. The molecule has 2 aromatic rings. The van der Waals surface area contributed by atoms with Crippen LogP contribution in [-0.2, 0) is 14.4 Å². The van der Waals surface area contributed by atoms with Gasteiger partial charge in [0.1, 0.15) is 0 Å². The van der Waals surface area contributed by atoms with Crippen LogP contribution >= 0.6 is 24.0 Å². The topological polar surface area (TPSA) is 74.8 Å². The Hall–Kier alpha value is -3.10. The van der Waals surface area contributed by atoms with E-state index in [1.54, 1.807) is 48.5 Å². The molecule has 0 spiro atoms. The second-order valence-corrected chi connectivity index (χ2v) is 8.14. The number of ketones is 1. The van der Waals surface area contributed by atoms with Crippen LogP contribution in [0.3, 0.4) is 0 Å². The number of thioether (sulfide) groups is 1. The summed E-state index contributed by atoms with van der Waals surface area (Å²) in [6, 6.07) is 13.4. The number of benzene rings is 2. The predicted octanol–water partition coefficient (Wildman–Crippen LogP) is 3.56. The summed E-state index contributed by atoms with van der Waals surface area (Å²) in [5, 5.41) is 0. The Kier molecular flexibility index (Phi) is 4.68. The number of fused-ring (bicyclic) bond motifs is 1. The molecule has 2 aliphatic rings. The number of rotatable bonds is 2. The lowest BCUT2D eigenvalue weighted by Gasteiger charge is -2.15. The molecule has 0 N–H and O–H groups in total. The molecule has 3 amide bonds. The van der Waals surface area contributed by atoms with E-state index in [1.165, 1.54) is 18.7 Å². The van der Waals surface area contributed by atoms with Gasteiger partial charge in [-0.05, 0) is 37.3 Å². The van der Waals surface area contributed by atoms with Crippen LogP contribution in [0.5, 0.6) is 0 Å². The second kappa shape index (κ2) is 7.06. The van der Waals surface area contributed by atoms with E-state index in [0.29, 0.717) is 22.5 Å². The summed E-state index contributed by atoms with van der Waals surface area (Å²) in [6.45, 7) is 2.77. The molecule has 0 aromatic heterocycles. The highest BCUT2D eigenvalue weighted by Crippen LogP contribution is 2.45. The first-order valence-corrected chi connectivity index (χ1v) is 9.89. The maximum Gasteiger partial charge on any atom is 0.271 e. The Morgan fingerprint density at radius 3 is 2.21 bits per heavy atom. The maximum atomic E-state index is 13.2. The van der Waals surface area contributed by atoms with Crippen molar-refractivity contribution in [2.75, 3.05) is 9.80 Å². The monoisotopic (exact) mass is 422 g/mol. The lowest BCUT2D eigenvalue weighted by Crippen LogP contribution is -2.32. The fourth-order valence-corrected chi connectivity index (χ4v) is 4.71. The highest BCUT2D eigenvalue weighted by atomic mass is 32.2. The van der Waals surface area contributed by atoms with Crippen molar-refractivity contribution in [2.45, 2.75) is 13.8 Å². The van der Waals surface area contributed by atoms with Crippen molar-refractivity contribution in [1.82, 2.24) is 0 Å². The van der Waals surface area contributed by atoms with Crippen molar-refractivity contribution in [2.24, 2.45) is 0 Å². The number of anilines is 2. The van der Waals surface area contributed by atoms with E-state index in [-0.39, 0.29) is 20.6 Å². The standard InChI is InChI=1S/C21H14N2O4S2/c1-11(24)13-7-9-14(10-8-13)23-20(27)18(29-21(23)28)17-15-5-3-4-6-16(15)22(12(2)25)19(17)26/h3-10H,1-2H3. The third-order valence-electron chi connectivity index (χ3n) is 4.67. The average Bonchev–Trinajstić information content (AvgIpc) is 3.14. The first kappa shape index (κ1) is 19.2. The second-order valence-electron chi connectivity index (χ2n) is 6.49. The number of carbonyl (C=O) groups excluding carboxylic acids is 4. The van der Waals surface area contributed by atoms with Gasteiger partial charge in [0.15, 0.2) is 10.1 Å². The number of carbonyl (C=O) groups is 4. The van der Waals surface area contributed by atoms with Gasteiger partial charge in [-0.25, -0.2) is 4.90 Å². The number of thiocarbonyl (C=S) groups is 1. The number of hydrogen-bond donors (Lipinski definition) is 0. The van der Waals surface area contributed by atoms with Gasteiger partial charge in [-0.15, -0.1) is 0 Å². The maximum absolute atomic E-state index is 13.2. The van der Waals surface area contributed by atoms with Crippen LogP contribution in [0.1, 0.15) is 29.8 Å². The molecule has 0 saturated carbocycles. The Morgan fingerprint density at radius 2 is 1.59 bits per heavy atom. The summed E-state index contributed by atoms with van der Waals surface area (Å²) >= 11 is 6.42. The third kappa shape index (κ3) is 3.01. The van der Waals surface area contributed by atoms with Crippen LogP contribution in [0.4, 0.5) is 11.4 Å². The highest BCUT2D eigenvalue weighted by Gasteiger charge is 2.43. The van der Waals surface area contributed by atoms with E-state index in [0.717, 1.165) is 16.7 Å². The fourth-order valence-electron chi connectivity index (χ4n) is 3.34. The van der Waals surface area contributed by atoms with Crippen molar-refractivity contribution in [1.29, 1.82) is 0 Å². The molecular weight excluding hydrogens is 408 g/mol. The Balaban J connectivity index is 1.81. The molecule has 1 saturated heterocycles. The van der Waals surface area contributed by atoms with Crippen molar-refractivity contribution in [3.63, 3.8) is 0 Å². The van der Waals surface area contributed by atoms with Crippen molar-refractivity contribution < 1.29 is 19.2 Å². The summed E-state index contributed by atoms with van der Waals surface area (Å²) in [5.41, 5.74) is 2.19. The van der Waals surface area contributed by atoms with Gasteiger partial charge >= 0.3 is 0 Å². The van der Waals surface area contributed by atoms with E-state index in [2.05, 4.69) is 0 Å². The van der Waals surface area contributed by atoms with E-state index >= 15 is 0 Å². The zero-order valence-corrected chi connectivity index (χ0v) is 17.1. The predicted molar refractivity (Wildman–Crippen MR) is 116 cm³/mol.